The molecule has 2 aromatic rings. The first-order valence-corrected chi connectivity index (χ1v) is 9.69. The molecule has 0 heterocycles. The highest BCUT2D eigenvalue weighted by Crippen LogP contribution is 2.13. The molecule has 0 aliphatic heterocycles. The van der Waals surface area contributed by atoms with Crippen LogP contribution in [0.5, 0.6) is 0 Å². The molecule has 1 atom stereocenters. The van der Waals surface area contributed by atoms with Gasteiger partial charge in [0, 0.05) is 24.7 Å². The molecule has 3 N–H and O–H groups in total. The fourth-order valence-electron chi connectivity index (χ4n) is 3.20. The van der Waals surface area contributed by atoms with E-state index in [2.05, 4.69) is 5.32 Å². The standard InChI is InChI=1S/C23H29N3O3/c1-15(2)12-20(25-22(28)19-11-6-5-8-16(19)3)23(29)26(4)14-17-9-7-10-18(13-17)21(24)27/h5-11,13,15,20H,12,14H2,1-4H3,(H2,24,27)(H,25,28). The van der Waals surface area contributed by atoms with Crippen molar-refractivity contribution in [1.29, 1.82) is 0 Å². The predicted molar refractivity (Wildman–Crippen MR) is 113 cm³/mol. The first kappa shape index (κ1) is 22.1. The van der Waals surface area contributed by atoms with E-state index in [1.54, 1.807) is 42.3 Å². The number of primary amides is 1. The van der Waals surface area contributed by atoms with Gasteiger partial charge in [0.1, 0.15) is 6.04 Å². The van der Waals surface area contributed by atoms with E-state index in [4.69, 9.17) is 5.73 Å². The predicted octanol–water partition coefficient (Wildman–Crippen LogP) is 2.90. The van der Waals surface area contributed by atoms with E-state index in [1.165, 1.54) is 0 Å². The summed E-state index contributed by atoms with van der Waals surface area (Å²) in [5.74, 6) is -0.715. The summed E-state index contributed by atoms with van der Waals surface area (Å²) in [5, 5.41) is 2.90. The molecule has 1 unspecified atom stereocenters. The van der Waals surface area contributed by atoms with Crippen molar-refractivity contribution < 1.29 is 14.4 Å². The van der Waals surface area contributed by atoms with Crippen molar-refractivity contribution >= 4 is 17.7 Å². The lowest BCUT2D eigenvalue weighted by atomic mass is 10.0. The molecule has 154 valence electrons. The van der Waals surface area contributed by atoms with Crippen LogP contribution in [-0.2, 0) is 11.3 Å². The number of hydrogen-bond acceptors (Lipinski definition) is 3. The van der Waals surface area contributed by atoms with Crippen LogP contribution in [0.15, 0.2) is 48.5 Å². The van der Waals surface area contributed by atoms with E-state index < -0.39 is 11.9 Å². The minimum atomic E-state index is -0.633. The largest absolute Gasteiger partial charge is 0.366 e. The third-order valence-corrected chi connectivity index (χ3v) is 4.71. The average molecular weight is 396 g/mol. The lowest BCUT2D eigenvalue weighted by molar-refractivity contribution is -0.132. The number of aryl methyl sites for hydroxylation is 1. The number of benzene rings is 2. The molecule has 6 nitrogen and oxygen atoms in total. The number of rotatable bonds is 8. The number of nitrogens with zero attached hydrogens (tertiary/aromatic N) is 1. The van der Waals surface area contributed by atoms with Crippen molar-refractivity contribution in [2.24, 2.45) is 11.7 Å². The Morgan fingerprint density at radius 3 is 2.38 bits per heavy atom. The Hall–Kier alpha value is -3.15. The maximum atomic E-state index is 13.1. The smallest absolute Gasteiger partial charge is 0.252 e. The second-order valence-electron chi connectivity index (χ2n) is 7.73. The van der Waals surface area contributed by atoms with E-state index in [9.17, 15) is 14.4 Å². The molecular weight excluding hydrogens is 366 g/mol. The molecule has 0 fully saturated rings. The monoisotopic (exact) mass is 395 g/mol. The van der Waals surface area contributed by atoms with Crippen LogP contribution in [0.4, 0.5) is 0 Å². The zero-order valence-corrected chi connectivity index (χ0v) is 17.4. The molecule has 0 aliphatic rings. The van der Waals surface area contributed by atoms with Crippen molar-refractivity contribution in [3.63, 3.8) is 0 Å². The number of likely N-dealkylation sites (N-methyl/N-ethyl adjacent to an activating group) is 1. The molecule has 0 aliphatic carbocycles. The topological polar surface area (TPSA) is 92.5 Å². The van der Waals surface area contributed by atoms with E-state index in [1.807, 2.05) is 39.0 Å². The lowest BCUT2D eigenvalue weighted by Gasteiger charge is -2.26. The zero-order valence-electron chi connectivity index (χ0n) is 17.4. The van der Waals surface area contributed by atoms with Crippen molar-refractivity contribution in [1.82, 2.24) is 10.2 Å². The van der Waals surface area contributed by atoms with Gasteiger partial charge in [0.15, 0.2) is 0 Å². The van der Waals surface area contributed by atoms with Gasteiger partial charge in [-0.15, -0.1) is 0 Å². The second kappa shape index (κ2) is 9.87. The summed E-state index contributed by atoms with van der Waals surface area (Å²) in [7, 11) is 1.69. The summed E-state index contributed by atoms with van der Waals surface area (Å²) >= 11 is 0. The SMILES string of the molecule is Cc1ccccc1C(=O)NC(CC(C)C)C(=O)N(C)Cc1cccc(C(N)=O)c1. The molecule has 2 aromatic carbocycles. The summed E-state index contributed by atoms with van der Waals surface area (Å²) in [6, 6.07) is 13.5. The van der Waals surface area contributed by atoms with Crippen molar-refractivity contribution in [3.8, 4) is 0 Å². The normalized spacial score (nSPS) is 11.8. The van der Waals surface area contributed by atoms with Crippen molar-refractivity contribution in [3.05, 3.63) is 70.8 Å². The molecule has 6 heteroatoms. The molecule has 0 aromatic heterocycles. The highest BCUT2D eigenvalue weighted by atomic mass is 16.2. The van der Waals surface area contributed by atoms with Crippen molar-refractivity contribution in [2.45, 2.75) is 39.8 Å². The van der Waals surface area contributed by atoms with E-state index >= 15 is 0 Å². The van der Waals surface area contributed by atoms with Crippen LogP contribution < -0.4 is 11.1 Å². The van der Waals surface area contributed by atoms with Gasteiger partial charge in [0.2, 0.25) is 11.8 Å². The van der Waals surface area contributed by atoms with Gasteiger partial charge in [-0.3, -0.25) is 14.4 Å². The minimum absolute atomic E-state index is 0.176. The molecule has 0 spiro atoms. The summed E-state index contributed by atoms with van der Waals surface area (Å²) < 4.78 is 0. The number of carbonyl (C=O) groups is 3. The lowest BCUT2D eigenvalue weighted by Crippen LogP contribution is -2.47. The fraction of sp³-hybridized carbons (Fsp3) is 0.348. The Morgan fingerprint density at radius 2 is 1.76 bits per heavy atom. The van der Waals surface area contributed by atoms with Crippen LogP contribution in [0.2, 0.25) is 0 Å². The van der Waals surface area contributed by atoms with Gasteiger partial charge >= 0.3 is 0 Å². The third kappa shape index (κ3) is 6.17. The molecule has 29 heavy (non-hydrogen) atoms. The van der Waals surface area contributed by atoms with E-state index in [0.717, 1.165) is 11.1 Å². The average Bonchev–Trinajstić information content (AvgIpc) is 2.66. The first-order chi connectivity index (χ1) is 13.7. The maximum Gasteiger partial charge on any atom is 0.252 e. The number of hydrogen-bond donors (Lipinski definition) is 2. The van der Waals surface area contributed by atoms with Gasteiger partial charge in [-0.25, -0.2) is 0 Å². The van der Waals surface area contributed by atoms with Gasteiger partial charge in [-0.05, 0) is 48.6 Å². The Bertz CT molecular complexity index is 892. The van der Waals surface area contributed by atoms with Crippen LogP contribution in [0.25, 0.3) is 0 Å². The Kier molecular flexibility index (Phi) is 7.53. The Morgan fingerprint density at radius 1 is 1.07 bits per heavy atom. The third-order valence-electron chi connectivity index (χ3n) is 4.71. The highest BCUT2D eigenvalue weighted by Gasteiger charge is 2.26. The van der Waals surface area contributed by atoms with Crippen molar-refractivity contribution in [2.75, 3.05) is 7.05 Å². The summed E-state index contributed by atoms with van der Waals surface area (Å²) in [6.07, 6.45) is 0.530. The maximum absolute atomic E-state index is 13.1. The molecule has 0 bridgehead atoms. The fourth-order valence-corrected chi connectivity index (χ4v) is 3.20. The summed E-state index contributed by atoms with van der Waals surface area (Å²) in [6.45, 7) is 6.20. The number of carbonyl (C=O) groups excluding carboxylic acids is 3. The molecular formula is C23H29N3O3. The summed E-state index contributed by atoms with van der Waals surface area (Å²) in [4.78, 5) is 38.7. The van der Waals surface area contributed by atoms with E-state index in [-0.39, 0.29) is 17.7 Å². The second-order valence-corrected chi connectivity index (χ2v) is 7.73. The molecule has 3 amide bonds. The number of nitrogens with two attached hydrogens (primary N) is 1. The van der Waals surface area contributed by atoms with Crippen LogP contribution >= 0.6 is 0 Å². The Balaban J connectivity index is 2.15. The van der Waals surface area contributed by atoms with Crippen LogP contribution in [-0.4, -0.2) is 35.7 Å². The van der Waals surface area contributed by atoms with Gasteiger partial charge in [-0.1, -0.05) is 44.2 Å². The molecule has 0 saturated carbocycles. The van der Waals surface area contributed by atoms with Gasteiger partial charge in [0.25, 0.3) is 5.91 Å². The Labute approximate surface area is 172 Å². The van der Waals surface area contributed by atoms with Crippen LogP contribution in [0.3, 0.4) is 0 Å². The van der Waals surface area contributed by atoms with Gasteiger partial charge < -0.3 is 16.0 Å². The first-order valence-electron chi connectivity index (χ1n) is 9.69. The quantitative estimate of drug-likeness (QED) is 0.720. The highest BCUT2D eigenvalue weighted by molar-refractivity contribution is 5.98. The number of nitrogens with one attached hydrogen (secondary N) is 1. The zero-order chi connectivity index (χ0) is 21.6. The summed E-state index contributed by atoms with van der Waals surface area (Å²) in [5.41, 5.74) is 7.95. The molecule has 2 rings (SSSR count). The van der Waals surface area contributed by atoms with Gasteiger partial charge in [0.05, 0.1) is 0 Å². The van der Waals surface area contributed by atoms with E-state index in [0.29, 0.717) is 24.1 Å². The number of amides is 3. The minimum Gasteiger partial charge on any atom is -0.366 e. The van der Waals surface area contributed by atoms with Gasteiger partial charge in [-0.2, -0.15) is 0 Å². The molecule has 0 radical (unpaired) electrons. The van der Waals surface area contributed by atoms with Crippen LogP contribution in [0.1, 0.15) is 52.1 Å². The van der Waals surface area contributed by atoms with Crippen LogP contribution in [0, 0.1) is 12.8 Å². The molecule has 0 saturated heterocycles.